The number of hydrogen-bond acceptors (Lipinski definition) is 5. The Morgan fingerprint density at radius 1 is 1.37 bits per heavy atom. The van der Waals surface area contributed by atoms with Gasteiger partial charge in [0, 0.05) is 23.5 Å². The Morgan fingerprint density at radius 2 is 2.11 bits per heavy atom. The highest BCUT2D eigenvalue weighted by molar-refractivity contribution is 7.89. The number of primary sulfonamides is 1. The molecule has 0 amide bonds. The number of aryl methyl sites for hydroxylation is 1. The monoisotopic (exact) mass is 279 g/mol. The molecule has 0 radical (unpaired) electrons. The highest BCUT2D eigenvalue weighted by atomic mass is 32.2. The molecule has 19 heavy (non-hydrogen) atoms. The summed E-state index contributed by atoms with van der Waals surface area (Å²) in [5, 5.41) is 12.7. The van der Waals surface area contributed by atoms with E-state index < -0.39 is 10.0 Å². The van der Waals surface area contributed by atoms with Crippen molar-refractivity contribution in [1.29, 1.82) is 0 Å². The molecule has 100 valence electrons. The van der Waals surface area contributed by atoms with Crippen LogP contribution in [0.5, 0.6) is 0 Å². The van der Waals surface area contributed by atoms with E-state index in [2.05, 4.69) is 15.2 Å². The maximum absolute atomic E-state index is 11.5. The van der Waals surface area contributed by atoms with Gasteiger partial charge in [-0.2, -0.15) is 0 Å². The van der Waals surface area contributed by atoms with Crippen LogP contribution < -0.4 is 5.14 Å². The van der Waals surface area contributed by atoms with E-state index in [1.54, 1.807) is 16.8 Å². The summed E-state index contributed by atoms with van der Waals surface area (Å²) >= 11 is 0. The Bertz CT molecular complexity index is 733. The minimum Gasteiger partial charge on any atom is -0.294 e. The first kappa shape index (κ1) is 12.2. The molecule has 1 fully saturated rings. The summed E-state index contributed by atoms with van der Waals surface area (Å²) in [4.78, 5) is 4.11. The van der Waals surface area contributed by atoms with Gasteiger partial charge in [-0.05, 0) is 31.9 Å². The molecule has 0 saturated heterocycles. The molecule has 1 aliphatic rings. The van der Waals surface area contributed by atoms with Gasteiger partial charge >= 0.3 is 0 Å². The zero-order valence-electron chi connectivity index (χ0n) is 10.3. The lowest BCUT2D eigenvalue weighted by atomic mass is 10.2. The van der Waals surface area contributed by atoms with Crippen molar-refractivity contribution in [2.75, 3.05) is 0 Å². The molecule has 1 saturated carbocycles. The van der Waals surface area contributed by atoms with Crippen LogP contribution in [0.15, 0.2) is 23.5 Å². The summed E-state index contributed by atoms with van der Waals surface area (Å²) in [6.07, 6.45) is 3.49. The van der Waals surface area contributed by atoms with Crippen LogP contribution in [0.25, 0.3) is 11.4 Å². The number of sulfonamides is 1. The molecule has 3 rings (SSSR count). The molecule has 2 aromatic heterocycles. The van der Waals surface area contributed by atoms with Gasteiger partial charge < -0.3 is 0 Å². The van der Waals surface area contributed by atoms with E-state index >= 15 is 0 Å². The standard InChI is InChI=1S/C11H13N5O2S/c1-7-6-8(4-5-13-7)10-14-15-11(19(12,17)18)16(10)9-2-3-9/h4-6,9H,2-3H2,1H3,(H2,12,17,18). The number of rotatable bonds is 3. The zero-order valence-corrected chi connectivity index (χ0v) is 11.1. The predicted octanol–water partition coefficient (Wildman–Crippen LogP) is 0.631. The molecule has 7 nitrogen and oxygen atoms in total. The first-order chi connectivity index (χ1) is 8.97. The smallest absolute Gasteiger partial charge is 0.273 e. The van der Waals surface area contributed by atoms with Gasteiger partial charge in [-0.3, -0.25) is 9.55 Å². The highest BCUT2D eigenvalue weighted by Crippen LogP contribution is 2.39. The average molecular weight is 279 g/mol. The predicted molar refractivity (Wildman–Crippen MR) is 67.6 cm³/mol. The van der Waals surface area contributed by atoms with Crippen molar-refractivity contribution in [1.82, 2.24) is 19.7 Å². The Balaban J connectivity index is 2.20. The second-order valence-corrected chi connectivity index (χ2v) is 6.09. The van der Waals surface area contributed by atoms with Crippen LogP contribution in [0, 0.1) is 6.92 Å². The Morgan fingerprint density at radius 3 is 2.68 bits per heavy atom. The molecule has 1 aliphatic carbocycles. The van der Waals surface area contributed by atoms with E-state index in [1.165, 1.54) is 0 Å². The molecule has 0 aliphatic heterocycles. The number of pyridine rings is 1. The first-order valence-electron chi connectivity index (χ1n) is 5.87. The van der Waals surface area contributed by atoms with Crippen molar-refractivity contribution >= 4 is 10.0 Å². The van der Waals surface area contributed by atoms with Gasteiger partial charge in [0.15, 0.2) is 5.82 Å². The lowest BCUT2D eigenvalue weighted by Crippen LogP contribution is -2.18. The molecule has 0 unspecified atom stereocenters. The Hall–Kier alpha value is -1.80. The van der Waals surface area contributed by atoms with Crippen molar-refractivity contribution in [2.24, 2.45) is 5.14 Å². The van der Waals surface area contributed by atoms with Crippen LogP contribution in [0.1, 0.15) is 24.6 Å². The fourth-order valence-electron chi connectivity index (χ4n) is 2.01. The summed E-state index contributed by atoms with van der Waals surface area (Å²) in [5.74, 6) is 0.525. The molecule has 0 bridgehead atoms. The van der Waals surface area contributed by atoms with Crippen molar-refractivity contribution < 1.29 is 8.42 Å². The lowest BCUT2D eigenvalue weighted by molar-refractivity contribution is 0.567. The Labute approximate surface area is 110 Å². The van der Waals surface area contributed by atoms with Crippen LogP contribution in [0.2, 0.25) is 0 Å². The highest BCUT2D eigenvalue weighted by Gasteiger charge is 2.33. The second kappa shape index (κ2) is 4.10. The van der Waals surface area contributed by atoms with Gasteiger partial charge in [-0.25, -0.2) is 13.6 Å². The fourth-order valence-corrected chi connectivity index (χ4v) is 2.68. The first-order valence-corrected chi connectivity index (χ1v) is 7.42. The molecule has 0 atom stereocenters. The Kier molecular flexibility index (Phi) is 2.64. The SMILES string of the molecule is Cc1cc(-c2nnc(S(N)(=O)=O)n2C2CC2)ccn1. The summed E-state index contributed by atoms with van der Waals surface area (Å²) in [7, 11) is -3.86. The van der Waals surface area contributed by atoms with Crippen LogP contribution in [0.3, 0.4) is 0 Å². The molecular formula is C11H13N5O2S. The van der Waals surface area contributed by atoms with Gasteiger partial charge in [-0.15, -0.1) is 10.2 Å². The molecule has 2 heterocycles. The number of nitrogens with zero attached hydrogens (tertiary/aromatic N) is 4. The van der Waals surface area contributed by atoms with Crippen LogP contribution in [0.4, 0.5) is 0 Å². The van der Waals surface area contributed by atoms with E-state index in [0.29, 0.717) is 5.82 Å². The molecule has 0 aromatic carbocycles. The van der Waals surface area contributed by atoms with E-state index in [1.807, 2.05) is 13.0 Å². The third-order valence-corrected chi connectivity index (χ3v) is 3.77. The van der Waals surface area contributed by atoms with Gasteiger partial charge in [0.2, 0.25) is 0 Å². The van der Waals surface area contributed by atoms with Crippen molar-refractivity contribution in [3.8, 4) is 11.4 Å². The molecule has 2 aromatic rings. The van der Waals surface area contributed by atoms with Crippen molar-refractivity contribution in [2.45, 2.75) is 31.0 Å². The quantitative estimate of drug-likeness (QED) is 0.887. The lowest BCUT2D eigenvalue weighted by Gasteiger charge is -2.07. The van der Waals surface area contributed by atoms with E-state index in [4.69, 9.17) is 5.14 Å². The maximum atomic E-state index is 11.5. The number of hydrogen-bond donors (Lipinski definition) is 1. The van der Waals surface area contributed by atoms with Gasteiger partial charge in [-0.1, -0.05) is 0 Å². The fraction of sp³-hybridized carbons (Fsp3) is 0.364. The third kappa shape index (κ3) is 2.24. The topological polar surface area (TPSA) is 104 Å². The average Bonchev–Trinajstić information content (AvgIpc) is 3.06. The minimum atomic E-state index is -3.86. The molecule has 8 heteroatoms. The van der Waals surface area contributed by atoms with E-state index in [0.717, 1.165) is 24.1 Å². The molecule has 0 spiro atoms. The number of nitrogens with two attached hydrogens (primary N) is 1. The van der Waals surface area contributed by atoms with E-state index in [-0.39, 0.29) is 11.2 Å². The van der Waals surface area contributed by atoms with Crippen LogP contribution in [-0.4, -0.2) is 28.2 Å². The third-order valence-electron chi connectivity index (χ3n) is 2.99. The number of aromatic nitrogens is 4. The second-order valence-electron chi connectivity index (χ2n) is 4.64. The van der Waals surface area contributed by atoms with E-state index in [9.17, 15) is 8.42 Å². The van der Waals surface area contributed by atoms with Crippen LogP contribution >= 0.6 is 0 Å². The van der Waals surface area contributed by atoms with Gasteiger partial charge in [0.05, 0.1) is 0 Å². The molecule has 2 N–H and O–H groups in total. The zero-order chi connectivity index (χ0) is 13.6. The molecular weight excluding hydrogens is 266 g/mol. The van der Waals surface area contributed by atoms with Gasteiger partial charge in [0.25, 0.3) is 15.2 Å². The summed E-state index contributed by atoms with van der Waals surface area (Å²) in [6, 6.07) is 3.74. The van der Waals surface area contributed by atoms with Gasteiger partial charge in [0.1, 0.15) is 0 Å². The summed E-state index contributed by atoms with van der Waals surface area (Å²) < 4.78 is 24.7. The summed E-state index contributed by atoms with van der Waals surface area (Å²) in [6.45, 7) is 1.86. The van der Waals surface area contributed by atoms with Crippen molar-refractivity contribution in [3.05, 3.63) is 24.0 Å². The van der Waals surface area contributed by atoms with Crippen LogP contribution in [-0.2, 0) is 10.0 Å². The largest absolute Gasteiger partial charge is 0.294 e. The van der Waals surface area contributed by atoms with Crippen molar-refractivity contribution in [3.63, 3.8) is 0 Å². The normalized spacial score (nSPS) is 15.7. The minimum absolute atomic E-state index is 0.117. The summed E-state index contributed by atoms with van der Waals surface area (Å²) in [5.41, 5.74) is 1.63. The maximum Gasteiger partial charge on any atom is 0.273 e.